The highest BCUT2D eigenvalue weighted by Gasteiger charge is 2.34. The third-order valence-electron chi connectivity index (χ3n) is 4.15. The number of amides is 4. The second-order valence-corrected chi connectivity index (χ2v) is 6.00. The van der Waals surface area contributed by atoms with Gasteiger partial charge in [0.1, 0.15) is 5.75 Å². The largest absolute Gasteiger partial charge is 0.494 e. The maximum Gasteiger partial charge on any atom is 0.319 e. The molecular weight excluding hydrogens is 346 g/mol. The first-order valence-electron chi connectivity index (χ1n) is 8.83. The van der Waals surface area contributed by atoms with E-state index in [0.717, 1.165) is 5.75 Å². The molecule has 1 aliphatic rings. The van der Waals surface area contributed by atoms with Crippen molar-refractivity contribution in [3.63, 3.8) is 0 Å². The molecule has 0 radical (unpaired) electrons. The second-order valence-electron chi connectivity index (χ2n) is 6.00. The van der Waals surface area contributed by atoms with E-state index in [4.69, 9.17) is 4.74 Å². The minimum absolute atomic E-state index is 0.260. The van der Waals surface area contributed by atoms with Gasteiger partial charge in [0.25, 0.3) is 11.8 Å². The van der Waals surface area contributed by atoms with Crippen LogP contribution in [0.2, 0.25) is 0 Å². The van der Waals surface area contributed by atoms with Crippen molar-refractivity contribution in [3.05, 3.63) is 59.7 Å². The topological polar surface area (TPSA) is 87.7 Å². The van der Waals surface area contributed by atoms with Gasteiger partial charge in [-0.1, -0.05) is 12.1 Å². The van der Waals surface area contributed by atoms with Crippen molar-refractivity contribution in [2.24, 2.45) is 0 Å². The molecule has 140 valence electrons. The van der Waals surface area contributed by atoms with E-state index in [1.54, 1.807) is 48.5 Å². The Bertz CT molecular complexity index is 814. The van der Waals surface area contributed by atoms with E-state index in [-0.39, 0.29) is 24.4 Å². The molecule has 0 aliphatic carbocycles. The minimum atomic E-state index is -0.346. The molecule has 4 amide bonds. The van der Waals surface area contributed by atoms with Gasteiger partial charge in [0.15, 0.2) is 0 Å². The van der Waals surface area contributed by atoms with Crippen LogP contribution >= 0.6 is 0 Å². The lowest BCUT2D eigenvalue weighted by atomic mass is 10.1. The smallest absolute Gasteiger partial charge is 0.319 e. The number of imide groups is 1. The molecule has 2 aromatic carbocycles. The van der Waals surface area contributed by atoms with Gasteiger partial charge < -0.3 is 15.4 Å². The van der Waals surface area contributed by atoms with Gasteiger partial charge in [0.05, 0.1) is 17.7 Å². The molecule has 7 heteroatoms. The molecule has 2 aromatic rings. The quantitative estimate of drug-likeness (QED) is 0.582. The molecular formula is C20H21N3O4. The number of carbonyl (C=O) groups excluding carboxylic acids is 3. The highest BCUT2D eigenvalue weighted by Crippen LogP contribution is 2.22. The molecule has 0 unspecified atom stereocenters. The normalized spacial score (nSPS) is 12.7. The van der Waals surface area contributed by atoms with Crippen LogP contribution in [-0.4, -0.2) is 42.4 Å². The number of urea groups is 1. The Labute approximate surface area is 157 Å². The zero-order valence-electron chi connectivity index (χ0n) is 15.0. The number of nitrogens with zero attached hydrogens (tertiary/aromatic N) is 1. The zero-order chi connectivity index (χ0) is 19.2. The summed E-state index contributed by atoms with van der Waals surface area (Å²) in [6.07, 6.45) is 0.474. The minimum Gasteiger partial charge on any atom is -0.494 e. The summed E-state index contributed by atoms with van der Waals surface area (Å²) in [5.74, 6) is 0.174. The Hall–Kier alpha value is -3.35. The zero-order valence-corrected chi connectivity index (χ0v) is 15.0. The van der Waals surface area contributed by atoms with E-state index in [2.05, 4.69) is 10.6 Å². The Morgan fingerprint density at radius 3 is 2.22 bits per heavy atom. The number of fused-ring (bicyclic) bond motifs is 1. The Kier molecular flexibility index (Phi) is 5.71. The molecule has 0 saturated heterocycles. The molecule has 1 heterocycles. The van der Waals surface area contributed by atoms with Crippen molar-refractivity contribution in [2.75, 3.05) is 25.0 Å². The summed E-state index contributed by atoms with van der Waals surface area (Å²) in [5, 5.41) is 5.43. The molecule has 0 saturated carbocycles. The first-order chi connectivity index (χ1) is 13.1. The van der Waals surface area contributed by atoms with Crippen LogP contribution < -0.4 is 15.4 Å². The number of carbonyl (C=O) groups is 3. The summed E-state index contributed by atoms with van der Waals surface area (Å²) >= 11 is 0. The summed E-state index contributed by atoms with van der Waals surface area (Å²) < 4.78 is 5.35. The molecule has 2 N–H and O–H groups in total. The van der Waals surface area contributed by atoms with E-state index < -0.39 is 0 Å². The highest BCUT2D eigenvalue weighted by molar-refractivity contribution is 6.21. The summed E-state index contributed by atoms with van der Waals surface area (Å²) in [6.45, 7) is 3.09. The van der Waals surface area contributed by atoms with Gasteiger partial charge in [-0.15, -0.1) is 0 Å². The van der Waals surface area contributed by atoms with Gasteiger partial charge in [-0.2, -0.15) is 0 Å². The van der Waals surface area contributed by atoms with Gasteiger partial charge in [-0.25, -0.2) is 4.79 Å². The van der Waals surface area contributed by atoms with Crippen molar-refractivity contribution in [3.8, 4) is 5.75 Å². The Balaban J connectivity index is 1.42. The third-order valence-corrected chi connectivity index (χ3v) is 4.15. The lowest BCUT2D eigenvalue weighted by Gasteiger charge is -2.14. The number of benzene rings is 2. The first-order valence-corrected chi connectivity index (χ1v) is 8.83. The molecule has 0 atom stereocenters. The van der Waals surface area contributed by atoms with Crippen LogP contribution in [0.5, 0.6) is 5.75 Å². The number of hydrogen-bond acceptors (Lipinski definition) is 4. The van der Waals surface area contributed by atoms with Crippen LogP contribution in [0.4, 0.5) is 10.5 Å². The van der Waals surface area contributed by atoms with Gasteiger partial charge in [0.2, 0.25) is 0 Å². The van der Waals surface area contributed by atoms with Crippen LogP contribution in [-0.2, 0) is 0 Å². The van der Waals surface area contributed by atoms with E-state index in [1.165, 1.54) is 4.90 Å². The number of hydrogen-bond donors (Lipinski definition) is 2. The molecule has 27 heavy (non-hydrogen) atoms. The summed E-state index contributed by atoms with van der Waals surface area (Å²) in [7, 11) is 0. The maximum atomic E-state index is 12.2. The number of nitrogens with one attached hydrogen (secondary N) is 2. The average Bonchev–Trinajstić information content (AvgIpc) is 2.92. The lowest BCUT2D eigenvalue weighted by Crippen LogP contribution is -2.35. The van der Waals surface area contributed by atoms with Crippen molar-refractivity contribution in [1.29, 1.82) is 0 Å². The molecule has 0 bridgehead atoms. The third kappa shape index (κ3) is 4.25. The second kappa shape index (κ2) is 8.35. The van der Waals surface area contributed by atoms with Crippen molar-refractivity contribution in [2.45, 2.75) is 13.3 Å². The molecule has 0 spiro atoms. The van der Waals surface area contributed by atoms with Crippen molar-refractivity contribution >= 4 is 23.5 Å². The van der Waals surface area contributed by atoms with Crippen LogP contribution in [0.1, 0.15) is 34.1 Å². The molecule has 0 fully saturated rings. The van der Waals surface area contributed by atoms with E-state index >= 15 is 0 Å². The molecule has 3 rings (SSSR count). The molecule has 1 aliphatic heterocycles. The lowest BCUT2D eigenvalue weighted by molar-refractivity contribution is 0.0653. The van der Waals surface area contributed by atoms with Crippen LogP contribution in [0.25, 0.3) is 0 Å². The van der Waals surface area contributed by atoms with Gasteiger partial charge in [-0.3, -0.25) is 14.5 Å². The van der Waals surface area contributed by atoms with Gasteiger partial charge in [-0.05, 0) is 49.7 Å². The predicted molar refractivity (Wildman–Crippen MR) is 101 cm³/mol. The highest BCUT2D eigenvalue weighted by atomic mass is 16.5. The average molecular weight is 367 g/mol. The summed E-state index contributed by atoms with van der Waals surface area (Å²) in [4.78, 5) is 37.6. The monoisotopic (exact) mass is 367 g/mol. The van der Waals surface area contributed by atoms with Crippen LogP contribution in [0.3, 0.4) is 0 Å². The first kappa shape index (κ1) is 18.4. The number of anilines is 1. The summed E-state index contributed by atoms with van der Waals surface area (Å²) in [5.41, 5.74) is 1.52. The SMILES string of the molecule is CCOc1ccc(NC(=O)NCCCN2C(=O)c3ccccc3C2=O)cc1. The standard InChI is InChI=1S/C20H21N3O4/c1-2-27-15-10-8-14(9-11-15)22-20(26)21-12-5-13-23-18(24)16-6-3-4-7-17(16)19(23)25/h3-4,6-11H,2,5,12-13H2,1H3,(H2,21,22,26). The van der Waals surface area contributed by atoms with E-state index in [9.17, 15) is 14.4 Å². The molecule has 0 aromatic heterocycles. The van der Waals surface area contributed by atoms with Crippen LogP contribution in [0, 0.1) is 0 Å². The maximum absolute atomic E-state index is 12.2. The summed E-state index contributed by atoms with van der Waals surface area (Å²) in [6, 6.07) is 13.5. The molecule has 7 nitrogen and oxygen atoms in total. The van der Waals surface area contributed by atoms with Crippen LogP contribution in [0.15, 0.2) is 48.5 Å². The fourth-order valence-corrected chi connectivity index (χ4v) is 2.86. The van der Waals surface area contributed by atoms with E-state index in [1.807, 2.05) is 6.92 Å². The van der Waals surface area contributed by atoms with Gasteiger partial charge in [0, 0.05) is 18.8 Å². The van der Waals surface area contributed by atoms with Crippen molar-refractivity contribution in [1.82, 2.24) is 10.2 Å². The number of ether oxygens (including phenoxy) is 1. The fraction of sp³-hybridized carbons (Fsp3) is 0.250. The van der Waals surface area contributed by atoms with Crippen molar-refractivity contribution < 1.29 is 19.1 Å². The Morgan fingerprint density at radius 2 is 1.63 bits per heavy atom. The van der Waals surface area contributed by atoms with E-state index in [0.29, 0.717) is 36.4 Å². The Morgan fingerprint density at radius 1 is 1.00 bits per heavy atom. The number of rotatable bonds is 7. The van der Waals surface area contributed by atoms with Gasteiger partial charge >= 0.3 is 6.03 Å². The fourth-order valence-electron chi connectivity index (χ4n) is 2.86. The predicted octanol–water partition coefficient (Wildman–Crippen LogP) is 2.89.